The highest BCUT2D eigenvalue weighted by Crippen LogP contribution is 2.41. The molecule has 9 nitrogen and oxygen atoms in total. The molecular weight excluding hydrogens is 597 g/mol. The van der Waals surface area contributed by atoms with Crippen LogP contribution in [-0.4, -0.2) is 69.6 Å². The highest BCUT2D eigenvalue weighted by molar-refractivity contribution is 7.90. The van der Waals surface area contributed by atoms with Gasteiger partial charge in [-0.15, -0.1) is 0 Å². The lowest BCUT2D eigenvalue weighted by Crippen LogP contribution is -2.45. The summed E-state index contributed by atoms with van der Waals surface area (Å²) in [4.78, 5) is 16.9. The summed E-state index contributed by atoms with van der Waals surface area (Å²) in [6, 6.07) is 8.09. The van der Waals surface area contributed by atoms with Gasteiger partial charge in [0.1, 0.15) is 0 Å². The van der Waals surface area contributed by atoms with Gasteiger partial charge >= 0.3 is 6.18 Å². The molecule has 2 aliphatic heterocycles. The number of sulfone groups is 1. The number of aliphatic hydroxyl groups is 2. The maximum absolute atomic E-state index is 13.5. The predicted molar refractivity (Wildman–Crippen MR) is 147 cm³/mol. The Morgan fingerprint density at radius 1 is 1.19 bits per heavy atom. The van der Waals surface area contributed by atoms with Gasteiger partial charge < -0.3 is 15.1 Å². The molecule has 0 aliphatic carbocycles. The zero-order valence-electron chi connectivity index (χ0n) is 23.0. The third-order valence-electron chi connectivity index (χ3n) is 8.09. The van der Waals surface area contributed by atoms with Gasteiger partial charge in [-0.2, -0.15) is 18.3 Å². The first kappa shape index (κ1) is 30.5. The van der Waals surface area contributed by atoms with Crippen molar-refractivity contribution in [2.45, 2.75) is 62.2 Å². The number of carbonyl (C=O) groups is 1. The van der Waals surface area contributed by atoms with Crippen LogP contribution in [0.25, 0.3) is 0 Å². The number of nitrogens with zero attached hydrogens (tertiary/aromatic N) is 4. The highest BCUT2D eigenvalue weighted by Gasteiger charge is 2.42. The Labute approximate surface area is 246 Å². The van der Waals surface area contributed by atoms with E-state index in [4.69, 9.17) is 11.6 Å². The van der Waals surface area contributed by atoms with E-state index in [-0.39, 0.29) is 30.2 Å². The van der Waals surface area contributed by atoms with E-state index in [1.165, 1.54) is 23.1 Å². The molecule has 0 bridgehead atoms. The molecule has 2 aliphatic rings. The quantitative estimate of drug-likeness (QED) is 0.437. The second-order valence-corrected chi connectivity index (χ2v) is 13.3. The summed E-state index contributed by atoms with van der Waals surface area (Å²) >= 11 is 5.75. The molecule has 3 heterocycles. The lowest BCUT2D eigenvalue weighted by molar-refractivity contribution is -0.137. The minimum Gasteiger partial charge on any atom is -0.394 e. The van der Waals surface area contributed by atoms with Crippen LogP contribution in [0.2, 0.25) is 5.02 Å². The number of alkyl halides is 3. The van der Waals surface area contributed by atoms with Gasteiger partial charge in [0, 0.05) is 42.4 Å². The molecule has 14 heteroatoms. The van der Waals surface area contributed by atoms with Gasteiger partial charge in [0.2, 0.25) is 0 Å². The van der Waals surface area contributed by atoms with E-state index < -0.39 is 56.9 Å². The molecule has 2 aromatic carbocycles. The van der Waals surface area contributed by atoms with Crippen molar-refractivity contribution in [2.75, 3.05) is 19.4 Å². The Bertz CT molecular complexity index is 1630. The van der Waals surface area contributed by atoms with E-state index >= 15 is 0 Å². The van der Waals surface area contributed by atoms with Gasteiger partial charge in [-0.1, -0.05) is 23.7 Å². The third-order valence-corrected chi connectivity index (χ3v) is 9.54. The SMILES string of the molecule is CC(c1ccc(S(C)(=O)=O)cc1)N1C[C@@H](CO)n2nc3c(c2C1O)CN(C(=O)c1ccc(Cl)c(C(F)(F)F)c1)[C@H](C)C3. The van der Waals surface area contributed by atoms with Crippen molar-refractivity contribution in [1.29, 1.82) is 0 Å². The van der Waals surface area contributed by atoms with Crippen LogP contribution in [0.15, 0.2) is 47.4 Å². The largest absolute Gasteiger partial charge is 0.417 e. The van der Waals surface area contributed by atoms with Crippen molar-refractivity contribution >= 4 is 27.3 Å². The van der Waals surface area contributed by atoms with Crippen molar-refractivity contribution in [3.63, 3.8) is 0 Å². The van der Waals surface area contributed by atoms with E-state index in [1.807, 2.05) is 6.92 Å². The fourth-order valence-electron chi connectivity index (χ4n) is 5.72. The second-order valence-electron chi connectivity index (χ2n) is 10.9. The summed E-state index contributed by atoms with van der Waals surface area (Å²) < 4.78 is 65.7. The predicted octanol–water partition coefficient (Wildman–Crippen LogP) is 4.15. The zero-order chi connectivity index (χ0) is 30.7. The summed E-state index contributed by atoms with van der Waals surface area (Å²) in [7, 11) is -3.39. The average molecular weight is 627 g/mol. The Morgan fingerprint density at radius 2 is 1.86 bits per heavy atom. The monoisotopic (exact) mass is 626 g/mol. The van der Waals surface area contributed by atoms with Gasteiger partial charge in [-0.05, 0) is 49.7 Å². The molecule has 0 saturated heterocycles. The number of hydrogen-bond donors (Lipinski definition) is 2. The standard InChI is InChI=1S/C28H30ClF3N4O5S/c1-15-10-24-21(13-34(15)26(38)18-6-9-23(29)22(11-18)28(30,31)32)25-27(39)35(12-19(14-37)36(25)33-24)16(2)17-4-7-20(8-5-17)42(3,40)41/h4-9,11,15-16,19,27,37,39H,10,12-14H2,1-3H3/t15-,16?,19+,27?/m1/s1. The van der Waals surface area contributed by atoms with Gasteiger partial charge in [0.15, 0.2) is 16.1 Å². The minimum atomic E-state index is -4.73. The lowest BCUT2D eigenvalue weighted by atomic mass is 9.96. The summed E-state index contributed by atoms with van der Waals surface area (Å²) in [5.74, 6) is -0.615. The van der Waals surface area contributed by atoms with E-state index in [9.17, 15) is 36.6 Å². The van der Waals surface area contributed by atoms with Crippen LogP contribution in [-0.2, 0) is 29.0 Å². The molecule has 226 valence electrons. The van der Waals surface area contributed by atoms with E-state index in [1.54, 1.807) is 28.6 Å². The maximum Gasteiger partial charge on any atom is 0.417 e. The molecule has 0 radical (unpaired) electrons. The van der Waals surface area contributed by atoms with Crippen LogP contribution < -0.4 is 0 Å². The van der Waals surface area contributed by atoms with Crippen LogP contribution in [0, 0.1) is 0 Å². The van der Waals surface area contributed by atoms with E-state index in [2.05, 4.69) is 5.10 Å². The number of rotatable bonds is 5. The number of aromatic nitrogens is 2. The third kappa shape index (κ3) is 5.44. The number of fused-ring (bicyclic) bond motifs is 3. The molecule has 5 rings (SSSR count). The fourth-order valence-corrected chi connectivity index (χ4v) is 6.57. The maximum atomic E-state index is 13.5. The zero-order valence-corrected chi connectivity index (χ0v) is 24.6. The Hall–Kier alpha value is -2.97. The topological polar surface area (TPSA) is 116 Å². The van der Waals surface area contributed by atoms with Crippen LogP contribution >= 0.6 is 11.6 Å². The molecule has 1 amide bonds. The first-order valence-corrected chi connectivity index (χ1v) is 15.5. The van der Waals surface area contributed by atoms with Crippen LogP contribution in [0.4, 0.5) is 13.2 Å². The van der Waals surface area contributed by atoms with Gasteiger partial charge in [-0.25, -0.2) is 8.42 Å². The number of hydrogen-bond acceptors (Lipinski definition) is 7. The van der Waals surface area contributed by atoms with Crippen molar-refractivity contribution < 1.29 is 36.6 Å². The fraction of sp³-hybridized carbons (Fsp3) is 0.429. The van der Waals surface area contributed by atoms with Crippen LogP contribution in [0.1, 0.15) is 70.6 Å². The average Bonchev–Trinajstić information content (AvgIpc) is 3.30. The Morgan fingerprint density at radius 3 is 2.45 bits per heavy atom. The number of halogens is 4. The molecule has 42 heavy (non-hydrogen) atoms. The van der Waals surface area contributed by atoms with Crippen molar-refractivity contribution in [2.24, 2.45) is 0 Å². The number of benzene rings is 2. The molecular formula is C28H30ClF3N4O5S. The van der Waals surface area contributed by atoms with Crippen molar-refractivity contribution in [3.05, 3.63) is 81.1 Å². The molecule has 2 N–H and O–H groups in total. The molecule has 4 atom stereocenters. The molecule has 1 aromatic heterocycles. The van der Waals surface area contributed by atoms with Crippen molar-refractivity contribution in [1.82, 2.24) is 19.6 Å². The van der Waals surface area contributed by atoms with E-state index in [0.29, 0.717) is 23.4 Å². The highest BCUT2D eigenvalue weighted by atomic mass is 35.5. The lowest BCUT2D eigenvalue weighted by Gasteiger charge is -2.41. The summed E-state index contributed by atoms with van der Waals surface area (Å²) in [6.07, 6.45) is -4.50. The summed E-state index contributed by atoms with van der Waals surface area (Å²) in [6.45, 7) is 3.58. The Kier molecular flexibility index (Phi) is 7.94. The van der Waals surface area contributed by atoms with Gasteiger partial charge in [-0.3, -0.25) is 14.4 Å². The summed E-state index contributed by atoms with van der Waals surface area (Å²) in [5.41, 5.74) is 1.09. The van der Waals surface area contributed by atoms with Gasteiger partial charge in [0.05, 0.1) is 46.1 Å². The van der Waals surface area contributed by atoms with Crippen molar-refractivity contribution in [3.8, 4) is 0 Å². The summed E-state index contributed by atoms with van der Waals surface area (Å²) in [5, 5.41) is 26.0. The second kappa shape index (κ2) is 10.9. The van der Waals surface area contributed by atoms with E-state index in [0.717, 1.165) is 24.0 Å². The van der Waals surface area contributed by atoms with Crippen LogP contribution in [0.3, 0.4) is 0 Å². The molecule has 3 aromatic rings. The normalized spacial score (nSPS) is 22.0. The Balaban J connectivity index is 1.47. The molecule has 0 saturated carbocycles. The first-order valence-electron chi connectivity index (χ1n) is 13.2. The van der Waals surface area contributed by atoms with Crippen LogP contribution in [0.5, 0.6) is 0 Å². The molecule has 0 spiro atoms. The number of carbonyl (C=O) groups excluding carboxylic acids is 1. The molecule has 2 unspecified atom stereocenters. The minimum absolute atomic E-state index is 0.00483. The first-order chi connectivity index (χ1) is 19.6. The number of aliphatic hydroxyl groups excluding tert-OH is 2. The molecule has 0 fully saturated rings. The number of amides is 1. The van der Waals surface area contributed by atoms with Gasteiger partial charge in [0.25, 0.3) is 5.91 Å². The smallest absolute Gasteiger partial charge is 0.394 e.